The Morgan fingerprint density at radius 1 is 1.07 bits per heavy atom. The van der Waals surface area contributed by atoms with Crippen molar-refractivity contribution in [1.82, 2.24) is 0 Å². The van der Waals surface area contributed by atoms with Gasteiger partial charge in [0, 0.05) is 30.3 Å². The van der Waals surface area contributed by atoms with Crippen molar-refractivity contribution in [2.75, 3.05) is 23.4 Å². The first-order valence-corrected chi connectivity index (χ1v) is 10.0. The summed E-state index contributed by atoms with van der Waals surface area (Å²) in [5.74, 6) is -0.996. The molecule has 4 rings (SSSR count). The average Bonchev–Trinajstić information content (AvgIpc) is 2.75. The largest absolute Gasteiger partial charge is 0.456 e. The molecule has 2 aliphatic heterocycles. The van der Waals surface area contributed by atoms with E-state index in [1.807, 2.05) is 48.5 Å². The molecule has 1 atom stereocenters. The summed E-state index contributed by atoms with van der Waals surface area (Å²) in [6.45, 7) is 0.363. The monoisotopic (exact) mass is 392 g/mol. The lowest BCUT2D eigenvalue weighted by atomic mass is 9.90. The smallest absolute Gasteiger partial charge is 0.306 e. The summed E-state index contributed by atoms with van der Waals surface area (Å²) in [6.07, 6.45) is 2.98. The number of esters is 1. The van der Waals surface area contributed by atoms with Gasteiger partial charge in [-0.2, -0.15) is 0 Å². The summed E-state index contributed by atoms with van der Waals surface area (Å²) in [5, 5.41) is 2.88. The van der Waals surface area contributed by atoms with Crippen LogP contribution >= 0.6 is 0 Å². The molecule has 6 heteroatoms. The number of rotatable bonds is 5. The number of carbonyl (C=O) groups excluding carboxylic acids is 3. The zero-order chi connectivity index (χ0) is 20.2. The molecule has 0 fully saturated rings. The lowest BCUT2D eigenvalue weighted by Crippen LogP contribution is -2.38. The van der Waals surface area contributed by atoms with E-state index < -0.39 is 5.97 Å². The fourth-order valence-corrected chi connectivity index (χ4v) is 4.02. The van der Waals surface area contributed by atoms with Crippen LogP contribution in [0, 0.1) is 5.92 Å². The molecular formula is C23H24N2O4. The maximum Gasteiger partial charge on any atom is 0.306 e. The molecular weight excluding hydrogens is 368 g/mol. The van der Waals surface area contributed by atoms with Gasteiger partial charge in [-0.1, -0.05) is 36.4 Å². The van der Waals surface area contributed by atoms with Gasteiger partial charge >= 0.3 is 5.97 Å². The molecule has 29 heavy (non-hydrogen) atoms. The molecule has 0 aliphatic carbocycles. The SMILES string of the molecule is O=C(CCC1Cc2ccccc2NC1=O)OCC(=O)N1CCCc2ccccc21. The topological polar surface area (TPSA) is 75.7 Å². The summed E-state index contributed by atoms with van der Waals surface area (Å²) in [4.78, 5) is 38.6. The van der Waals surface area contributed by atoms with E-state index in [-0.39, 0.29) is 30.8 Å². The second-order valence-corrected chi connectivity index (χ2v) is 7.52. The van der Waals surface area contributed by atoms with Crippen molar-refractivity contribution in [2.45, 2.75) is 32.1 Å². The summed E-state index contributed by atoms with van der Waals surface area (Å²) >= 11 is 0. The van der Waals surface area contributed by atoms with Gasteiger partial charge in [-0.3, -0.25) is 14.4 Å². The third-order valence-corrected chi connectivity index (χ3v) is 5.58. The fraction of sp³-hybridized carbons (Fsp3) is 0.348. The number of para-hydroxylation sites is 2. The Morgan fingerprint density at radius 2 is 1.83 bits per heavy atom. The first kappa shape index (κ1) is 19.2. The number of nitrogens with zero attached hydrogens (tertiary/aromatic N) is 1. The molecule has 2 aliphatic rings. The number of benzene rings is 2. The van der Waals surface area contributed by atoms with Crippen molar-refractivity contribution in [3.63, 3.8) is 0 Å². The van der Waals surface area contributed by atoms with Crippen LogP contribution in [0.3, 0.4) is 0 Å². The molecule has 2 amide bonds. The first-order chi connectivity index (χ1) is 14.1. The number of fused-ring (bicyclic) bond motifs is 2. The van der Waals surface area contributed by atoms with E-state index in [4.69, 9.17) is 4.74 Å². The molecule has 0 radical (unpaired) electrons. The van der Waals surface area contributed by atoms with Crippen molar-refractivity contribution < 1.29 is 19.1 Å². The van der Waals surface area contributed by atoms with Crippen molar-refractivity contribution >= 4 is 29.2 Å². The third-order valence-electron chi connectivity index (χ3n) is 5.58. The predicted octanol–water partition coefficient (Wildman–Crippen LogP) is 3.10. The predicted molar refractivity (Wildman–Crippen MR) is 110 cm³/mol. The molecule has 1 unspecified atom stereocenters. The van der Waals surface area contributed by atoms with Gasteiger partial charge in [0.05, 0.1) is 0 Å². The maximum atomic E-state index is 12.5. The van der Waals surface area contributed by atoms with Crippen molar-refractivity contribution in [2.24, 2.45) is 5.92 Å². The molecule has 6 nitrogen and oxygen atoms in total. The van der Waals surface area contributed by atoms with Crippen LogP contribution in [-0.2, 0) is 32.0 Å². The Balaban J connectivity index is 1.27. The van der Waals surface area contributed by atoms with E-state index in [0.717, 1.165) is 35.3 Å². The summed E-state index contributed by atoms with van der Waals surface area (Å²) in [7, 11) is 0. The normalized spacial score (nSPS) is 17.7. The highest BCUT2D eigenvalue weighted by Crippen LogP contribution is 2.28. The molecule has 150 valence electrons. The highest BCUT2D eigenvalue weighted by molar-refractivity contribution is 5.97. The molecule has 0 spiro atoms. The minimum atomic E-state index is -0.449. The Kier molecular flexibility index (Phi) is 5.60. The van der Waals surface area contributed by atoms with E-state index in [1.165, 1.54) is 0 Å². The van der Waals surface area contributed by atoms with E-state index in [2.05, 4.69) is 5.32 Å². The highest BCUT2D eigenvalue weighted by atomic mass is 16.5. The Bertz CT molecular complexity index is 940. The summed E-state index contributed by atoms with van der Waals surface area (Å²) in [6, 6.07) is 15.5. The standard InChI is InChI=1S/C23H24N2O4/c26-21(25-13-5-8-16-6-2-4-10-20(16)25)15-29-22(27)12-11-18-14-17-7-1-3-9-19(17)24-23(18)28/h1-4,6-7,9-10,18H,5,8,11-15H2,(H,24,28). The van der Waals surface area contributed by atoms with Gasteiger partial charge in [-0.05, 0) is 48.9 Å². The molecule has 2 heterocycles. The fourth-order valence-electron chi connectivity index (χ4n) is 4.02. The number of carbonyl (C=O) groups is 3. The number of amides is 2. The number of aryl methyl sites for hydroxylation is 1. The zero-order valence-electron chi connectivity index (χ0n) is 16.2. The highest BCUT2D eigenvalue weighted by Gasteiger charge is 2.27. The number of nitrogens with one attached hydrogen (secondary N) is 1. The van der Waals surface area contributed by atoms with Crippen LogP contribution in [0.4, 0.5) is 11.4 Å². The van der Waals surface area contributed by atoms with Gasteiger partial charge in [0.2, 0.25) is 5.91 Å². The van der Waals surface area contributed by atoms with Gasteiger partial charge in [-0.25, -0.2) is 0 Å². The van der Waals surface area contributed by atoms with Crippen LogP contribution in [0.2, 0.25) is 0 Å². The number of hydrogen-bond donors (Lipinski definition) is 1. The van der Waals surface area contributed by atoms with Crippen molar-refractivity contribution in [3.8, 4) is 0 Å². The van der Waals surface area contributed by atoms with Crippen molar-refractivity contribution in [3.05, 3.63) is 59.7 Å². The third kappa shape index (κ3) is 4.31. The Morgan fingerprint density at radius 3 is 2.69 bits per heavy atom. The first-order valence-electron chi connectivity index (χ1n) is 10.0. The van der Waals surface area contributed by atoms with Gasteiger partial charge in [0.25, 0.3) is 5.91 Å². The second-order valence-electron chi connectivity index (χ2n) is 7.52. The molecule has 0 aromatic heterocycles. The van der Waals surface area contributed by atoms with Crippen molar-refractivity contribution in [1.29, 1.82) is 0 Å². The molecule has 2 aromatic rings. The zero-order valence-corrected chi connectivity index (χ0v) is 16.2. The lowest BCUT2D eigenvalue weighted by molar-refractivity contribution is -0.148. The van der Waals surface area contributed by atoms with Crippen LogP contribution in [0.5, 0.6) is 0 Å². The Hall–Kier alpha value is -3.15. The van der Waals surface area contributed by atoms with E-state index in [0.29, 0.717) is 19.4 Å². The maximum absolute atomic E-state index is 12.5. The molecule has 1 N–H and O–H groups in total. The van der Waals surface area contributed by atoms with E-state index in [1.54, 1.807) is 4.90 Å². The number of anilines is 2. The van der Waals surface area contributed by atoms with Crippen LogP contribution in [0.1, 0.15) is 30.4 Å². The Labute approximate surface area is 169 Å². The quantitative estimate of drug-likeness (QED) is 0.794. The van der Waals surface area contributed by atoms with Gasteiger partial charge in [0.1, 0.15) is 0 Å². The lowest BCUT2D eigenvalue weighted by Gasteiger charge is -2.29. The molecule has 0 bridgehead atoms. The number of ether oxygens (including phenoxy) is 1. The minimum Gasteiger partial charge on any atom is -0.456 e. The average molecular weight is 392 g/mol. The van der Waals surface area contributed by atoms with Gasteiger partial charge < -0.3 is 15.0 Å². The molecule has 0 saturated heterocycles. The minimum absolute atomic E-state index is 0.0718. The van der Waals surface area contributed by atoms with Gasteiger partial charge in [0.15, 0.2) is 6.61 Å². The van der Waals surface area contributed by atoms with E-state index >= 15 is 0 Å². The van der Waals surface area contributed by atoms with Crippen LogP contribution < -0.4 is 10.2 Å². The van der Waals surface area contributed by atoms with Crippen LogP contribution in [-0.4, -0.2) is 30.9 Å². The molecule has 2 aromatic carbocycles. The van der Waals surface area contributed by atoms with Crippen LogP contribution in [0.25, 0.3) is 0 Å². The number of hydrogen-bond acceptors (Lipinski definition) is 4. The van der Waals surface area contributed by atoms with Gasteiger partial charge in [-0.15, -0.1) is 0 Å². The molecule has 0 saturated carbocycles. The van der Waals surface area contributed by atoms with Crippen LogP contribution in [0.15, 0.2) is 48.5 Å². The summed E-state index contributed by atoms with van der Waals surface area (Å²) < 4.78 is 5.21. The summed E-state index contributed by atoms with van der Waals surface area (Å²) in [5.41, 5.74) is 3.95. The van der Waals surface area contributed by atoms with E-state index in [9.17, 15) is 14.4 Å². The second kappa shape index (κ2) is 8.47.